The number of amides is 2. The molecular formula is C17H26N2O4S2. The molecule has 0 spiro atoms. The highest BCUT2D eigenvalue weighted by molar-refractivity contribution is 8.14. The van der Waals surface area contributed by atoms with E-state index in [-0.39, 0.29) is 28.1 Å². The number of carbonyl (C=O) groups is 4. The molecule has 4 atom stereocenters. The first kappa shape index (κ1) is 20.3. The average molecular weight is 387 g/mol. The Morgan fingerprint density at radius 3 is 2.64 bits per heavy atom. The minimum atomic E-state index is -0.607. The molecule has 140 valence electrons. The SMILES string of the molecule is CCC[C@H](SC(C)=O)C(=O)N[C@H]1CCCC2SC[C@@H](C(C)=O)N2C1=O. The fraction of sp³-hybridized carbons (Fsp3) is 0.765. The summed E-state index contributed by atoms with van der Waals surface area (Å²) in [7, 11) is 0. The molecule has 0 aromatic rings. The van der Waals surface area contributed by atoms with Gasteiger partial charge < -0.3 is 10.2 Å². The number of ketones is 1. The molecule has 0 radical (unpaired) electrons. The number of hydrogen-bond acceptors (Lipinski definition) is 6. The lowest BCUT2D eigenvalue weighted by atomic mass is 10.1. The quantitative estimate of drug-likeness (QED) is 0.751. The Labute approximate surface area is 157 Å². The highest BCUT2D eigenvalue weighted by Gasteiger charge is 2.44. The van der Waals surface area contributed by atoms with Gasteiger partial charge in [-0.2, -0.15) is 0 Å². The second-order valence-corrected chi connectivity index (χ2v) is 9.13. The van der Waals surface area contributed by atoms with E-state index < -0.39 is 17.3 Å². The van der Waals surface area contributed by atoms with Crippen molar-refractivity contribution in [3.05, 3.63) is 0 Å². The van der Waals surface area contributed by atoms with E-state index in [1.807, 2.05) is 6.92 Å². The third-order valence-electron chi connectivity index (χ3n) is 4.53. The summed E-state index contributed by atoms with van der Waals surface area (Å²) >= 11 is 2.66. The maximum atomic E-state index is 13.0. The van der Waals surface area contributed by atoms with Crippen LogP contribution >= 0.6 is 23.5 Å². The molecule has 0 aliphatic carbocycles. The van der Waals surface area contributed by atoms with Crippen molar-refractivity contribution in [3.63, 3.8) is 0 Å². The Morgan fingerprint density at radius 2 is 2.04 bits per heavy atom. The van der Waals surface area contributed by atoms with Gasteiger partial charge in [0, 0.05) is 12.7 Å². The van der Waals surface area contributed by atoms with Gasteiger partial charge in [0.25, 0.3) is 0 Å². The molecule has 2 saturated heterocycles. The molecule has 6 nitrogen and oxygen atoms in total. The van der Waals surface area contributed by atoms with Crippen molar-refractivity contribution in [1.29, 1.82) is 0 Å². The first-order chi connectivity index (χ1) is 11.8. The number of carbonyl (C=O) groups excluding carboxylic acids is 4. The summed E-state index contributed by atoms with van der Waals surface area (Å²) in [6.45, 7) is 4.92. The highest BCUT2D eigenvalue weighted by Crippen LogP contribution is 2.36. The summed E-state index contributed by atoms with van der Waals surface area (Å²) in [5.41, 5.74) is 0. The Balaban J connectivity index is 2.09. The second-order valence-electron chi connectivity index (χ2n) is 6.54. The molecule has 2 aliphatic rings. The van der Waals surface area contributed by atoms with Crippen molar-refractivity contribution in [1.82, 2.24) is 10.2 Å². The van der Waals surface area contributed by atoms with Crippen LogP contribution in [0.3, 0.4) is 0 Å². The van der Waals surface area contributed by atoms with Crippen LogP contribution < -0.4 is 5.32 Å². The zero-order chi connectivity index (χ0) is 18.6. The number of fused-ring (bicyclic) bond motifs is 1. The number of rotatable bonds is 6. The van der Waals surface area contributed by atoms with Crippen LogP contribution in [0.5, 0.6) is 0 Å². The van der Waals surface area contributed by atoms with Crippen molar-refractivity contribution in [3.8, 4) is 0 Å². The van der Waals surface area contributed by atoms with Crippen LogP contribution in [0.1, 0.15) is 52.9 Å². The third kappa shape index (κ3) is 5.00. The topological polar surface area (TPSA) is 83.6 Å². The minimum Gasteiger partial charge on any atom is -0.343 e. The summed E-state index contributed by atoms with van der Waals surface area (Å²) in [5.74, 6) is 0.200. The van der Waals surface area contributed by atoms with E-state index >= 15 is 0 Å². The summed E-state index contributed by atoms with van der Waals surface area (Å²) < 4.78 is 0. The minimum absolute atomic E-state index is 0.00804. The van der Waals surface area contributed by atoms with Gasteiger partial charge in [0.05, 0.1) is 10.6 Å². The van der Waals surface area contributed by atoms with Crippen LogP contribution in [0.2, 0.25) is 0 Å². The van der Waals surface area contributed by atoms with Crippen molar-refractivity contribution in [2.45, 2.75) is 75.6 Å². The fourth-order valence-corrected chi connectivity index (χ4v) is 5.77. The first-order valence-electron chi connectivity index (χ1n) is 8.77. The van der Waals surface area contributed by atoms with E-state index in [2.05, 4.69) is 5.32 Å². The van der Waals surface area contributed by atoms with Gasteiger partial charge in [-0.15, -0.1) is 11.8 Å². The molecule has 2 fully saturated rings. The second kappa shape index (κ2) is 9.07. The molecule has 1 unspecified atom stereocenters. The number of hydrogen-bond donors (Lipinski definition) is 1. The van der Waals surface area contributed by atoms with Gasteiger partial charge >= 0.3 is 0 Å². The lowest BCUT2D eigenvalue weighted by molar-refractivity contribution is -0.141. The number of nitrogens with zero attached hydrogens (tertiary/aromatic N) is 1. The Morgan fingerprint density at radius 1 is 1.32 bits per heavy atom. The van der Waals surface area contributed by atoms with Gasteiger partial charge in [-0.05, 0) is 32.6 Å². The average Bonchev–Trinajstić information content (AvgIpc) is 2.90. The summed E-state index contributed by atoms with van der Waals surface area (Å²) in [6.07, 6.45) is 3.62. The predicted molar refractivity (Wildman–Crippen MR) is 100 cm³/mol. The van der Waals surface area contributed by atoms with Crippen LogP contribution in [0.25, 0.3) is 0 Å². The van der Waals surface area contributed by atoms with Gasteiger partial charge in [0.15, 0.2) is 10.9 Å². The molecule has 2 aliphatic heterocycles. The van der Waals surface area contributed by atoms with Gasteiger partial charge in [-0.1, -0.05) is 25.1 Å². The molecule has 2 heterocycles. The lowest BCUT2D eigenvalue weighted by Crippen LogP contribution is -2.53. The van der Waals surface area contributed by atoms with E-state index in [9.17, 15) is 19.2 Å². The van der Waals surface area contributed by atoms with E-state index in [1.165, 1.54) is 13.8 Å². The molecule has 0 bridgehead atoms. The van der Waals surface area contributed by atoms with Crippen LogP contribution in [-0.4, -0.2) is 56.1 Å². The Kier molecular flexibility index (Phi) is 7.37. The van der Waals surface area contributed by atoms with Gasteiger partial charge in [-0.3, -0.25) is 19.2 Å². The molecule has 8 heteroatoms. The Hall–Kier alpha value is -1.02. The van der Waals surface area contributed by atoms with Crippen LogP contribution in [0, 0.1) is 0 Å². The lowest BCUT2D eigenvalue weighted by Gasteiger charge is -2.29. The molecule has 0 aromatic carbocycles. The molecule has 25 heavy (non-hydrogen) atoms. The van der Waals surface area contributed by atoms with Crippen molar-refractivity contribution in [2.75, 3.05) is 5.75 Å². The molecule has 0 aromatic heterocycles. The van der Waals surface area contributed by atoms with E-state index in [1.54, 1.807) is 16.7 Å². The van der Waals surface area contributed by atoms with Crippen LogP contribution in [0.4, 0.5) is 0 Å². The third-order valence-corrected chi connectivity index (χ3v) is 6.95. The maximum absolute atomic E-state index is 13.0. The smallest absolute Gasteiger partial charge is 0.246 e. The standard InChI is InChI=1S/C17H26N2O4S2/c1-4-6-14(25-11(3)21)16(22)18-12-7-5-8-15-19(17(12)23)13(9-24-15)10(2)20/h12-15H,4-9H2,1-3H3,(H,18,22)/t12-,13-,14-,15?/m0/s1. The fourth-order valence-electron chi connectivity index (χ4n) is 3.30. The first-order valence-corrected chi connectivity index (χ1v) is 10.7. The number of nitrogens with one attached hydrogen (secondary N) is 1. The van der Waals surface area contributed by atoms with Crippen molar-refractivity contribution in [2.24, 2.45) is 0 Å². The molecular weight excluding hydrogens is 360 g/mol. The maximum Gasteiger partial charge on any atom is 0.246 e. The van der Waals surface area contributed by atoms with Gasteiger partial charge in [0.1, 0.15) is 12.1 Å². The van der Waals surface area contributed by atoms with E-state index in [4.69, 9.17) is 0 Å². The summed E-state index contributed by atoms with van der Waals surface area (Å²) in [5, 5.41) is 2.31. The van der Waals surface area contributed by atoms with E-state index in [0.717, 1.165) is 31.0 Å². The van der Waals surface area contributed by atoms with Gasteiger partial charge in [0.2, 0.25) is 11.8 Å². The largest absolute Gasteiger partial charge is 0.343 e. The molecule has 0 saturated carbocycles. The number of Topliss-reactive ketones (excluding diaryl/α,β-unsaturated/α-hetero) is 1. The Bertz CT molecular complexity index is 555. The zero-order valence-electron chi connectivity index (χ0n) is 14.9. The molecule has 2 rings (SSSR count). The van der Waals surface area contributed by atoms with Crippen molar-refractivity contribution < 1.29 is 19.2 Å². The predicted octanol–water partition coefficient (Wildman–Crippen LogP) is 1.96. The van der Waals surface area contributed by atoms with E-state index in [0.29, 0.717) is 18.6 Å². The van der Waals surface area contributed by atoms with Crippen LogP contribution in [0.15, 0.2) is 0 Å². The summed E-state index contributed by atoms with van der Waals surface area (Å²) in [6, 6.07) is -0.997. The molecule has 2 amide bonds. The van der Waals surface area contributed by atoms with Gasteiger partial charge in [-0.25, -0.2) is 0 Å². The molecule has 1 N–H and O–H groups in total. The zero-order valence-corrected chi connectivity index (χ0v) is 16.6. The van der Waals surface area contributed by atoms with Crippen LogP contribution in [-0.2, 0) is 19.2 Å². The summed E-state index contributed by atoms with van der Waals surface area (Å²) in [4.78, 5) is 50.5. The monoisotopic (exact) mass is 386 g/mol. The normalized spacial score (nSPS) is 27.4. The van der Waals surface area contributed by atoms with Crippen molar-refractivity contribution >= 4 is 46.2 Å². The number of thioether (sulfide) groups is 2. The highest BCUT2D eigenvalue weighted by atomic mass is 32.2.